The molecule has 0 bridgehead atoms. The van der Waals surface area contributed by atoms with Crippen LogP contribution in [0.15, 0.2) is 30.9 Å². The molecule has 4 aromatic rings. The summed E-state index contributed by atoms with van der Waals surface area (Å²) in [4.78, 5) is 19.5. The number of methoxy groups -OCH3 is 1. The Labute approximate surface area is 222 Å². The third-order valence-corrected chi connectivity index (χ3v) is 7.72. The first kappa shape index (κ1) is 24.1. The van der Waals surface area contributed by atoms with Crippen molar-refractivity contribution < 1.29 is 17.9 Å². The van der Waals surface area contributed by atoms with E-state index >= 15 is 0 Å². The van der Waals surface area contributed by atoms with Crippen LogP contribution in [0.5, 0.6) is 5.88 Å². The molecule has 0 saturated heterocycles. The fraction of sp³-hybridized carbons (Fsp3) is 0.444. The molecule has 1 aliphatic heterocycles. The standard InChI is InChI=1S/C27H27F3N8O/c1-36-13-21(27(28,29)30)34-25(36)19-8-7-17(11-31-19)37-10-9-20-18(12-37)24(35-38(20)16-5-6-16)22-23(15-3-4-15)32-14-33-26(22)39-2/h7-8,11,13-16H,3-6,9-10,12H2,1-2H3. The molecule has 12 heteroatoms. The number of pyridine rings is 1. The summed E-state index contributed by atoms with van der Waals surface area (Å²) in [7, 11) is 3.17. The molecule has 5 heterocycles. The average Bonchev–Trinajstić information content (AvgIpc) is 3.87. The summed E-state index contributed by atoms with van der Waals surface area (Å²) in [5, 5.41) is 5.13. The van der Waals surface area contributed by atoms with Gasteiger partial charge in [-0.3, -0.25) is 9.67 Å². The third kappa shape index (κ3) is 4.22. The highest BCUT2D eigenvalue weighted by Gasteiger charge is 2.38. The highest BCUT2D eigenvalue weighted by molar-refractivity contribution is 5.73. The van der Waals surface area contributed by atoms with E-state index in [1.165, 1.54) is 17.3 Å². The predicted octanol–water partition coefficient (Wildman–Crippen LogP) is 4.94. The van der Waals surface area contributed by atoms with E-state index in [-0.39, 0.29) is 5.82 Å². The molecule has 0 atom stereocenters. The number of hydrogen-bond acceptors (Lipinski definition) is 7. The first-order chi connectivity index (χ1) is 18.8. The number of fused-ring (bicyclic) bond motifs is 1. The highest BCUT2D eigenvalue weighted by atomic mass is 19.4. The first-order valence-electron chi connectivity index (χ1n) is 13.1. The van der Waals surface area contributed by atoms with Crippen molar-refractivity contribution in [1.82, 2.24) is 34.3 Å². The Kier molecular flexibility index (Phi) is 5.43. The monoisotopic (exact) mass is 536 g/mol. The van der Waals surface area contributed by atoms with Crippen molar-refractivity contribution in [3.05, 3.63) is 53.5 Å². The summed E-state index contributed by atoms with van der Waals surface area (Å²) in [6.07, 6.45) is 5.03. The van der Waals surface area contributed by atoms with E-state index in [4.69, 9.17) is 9.84 Å². The normalized spacial score (nSPS) is 17.4. The minimum Gasteiger partial charge on any atom is -0.480 e. The summed E-state index contributed by atoms with van der Waals surface area (Å²) in [5.41, 5.74) is 5.51. The van der Waals surface area contributed by atoms with Crippen molar-refractivity contribution in [3.8, 4) is 28.7 Å². The topological polar surface area (TPSA) is 86.8 Å². The fourth-order valence-electron chi connectivity index (χ4n) is 5.46. The zero-order valence-corrected chi connectivity index (χ0v) is 21.6. The molecular formula is C27H27F3N8O. The van der Waals surface area contributed by atoms with Crippen molar-refractivity contribution in [3.63, 3.8) is 0 Å². The number of halogens is 3. The van der Waals surface area contributed by atoms with Crippen LogP contribution in [0.1, 0.15) is 60.3 Å². The van der Waals surface area contributed by atoms with Crippen LogP contribution in [-0.2, 0) is 26.2 Å². The number of alkyl halides is 3. The van der Waals surface area contributed by atoms with Gasteiger partial charge in [-0.05, 0) is 37.8 Å². The largest absolute Gasteiger partial charge is 0.480 e. The molecule has 0 spiro atoms. The molecule has 7 rings (SSSR count). The zero-order valence-electron chi connectivity index (χ0n) is 21.6. The molecular weight excluding hydrogens is 509 g/mol. The van der Waals surface area contributed by atoms with Crippen LogP contribution in [0, 0.1) is 0 Å². The van der Waals surface area contributed by atoms with Gasteiger partial charge >= 0.3 is 6.18 Å². The number of imidazole rings is 1. The molecule has 0 unspecified atom stereocenters. The number of anilines is 1. The van der Waals surface area contributed by atoms with Gasteiger partial charge in [0.15, 0.2) is 11.5 Å². The van der Waals surface area contributed by atoms with Gasteiger partial charge < -0.3 is 14.2 Å². The van der Waals surface area contributed by atoms with Gasteiger partial charge in [0, 0.05) is 49.9 Å². The molecule has 0 radical (unpaired) electrons. The second kappa shape index (κ2) is 8.78. The lowest BCUT2D eigenvalue weighted by Gasteiger charge is -2.30. The number of rotatable bonds is 6. The Morgan fingerprint density at radius 2 is 1.87 bits per heavy atom. The van der Waals surface area contributed by atoms with Crippen molar-refractivity contribution in [2.24, 2.45) is 7.05 Å². The van der Waals surface area contributed by atoms with E-state index in [0.29, 0.717) is 30.1 Å². The van der Waals surface area contributed by atoms with Gasteiger partial charge in [-0.2, -0.15) is 18.3 Å². The minimum absolute atomic E-state index is 0.173. The molecule has 0 amide bonds. The maximum Gasteiger partial charge on any atom is 0.434 e. The van der Waals surface area contributed by atoms with Gasteiger partial charge in [0.1, 0.15) is 17.7 Å². The molecule has 3 aliphatic rings. The van der Waals surface area contributed by atoms with Crippen LogP contribution >= 0.6 is 0 Å². The van der Waals surface area contributed by atoms with E-state index in [9.17, 15) is 13.2 Å². The lowest BCUT2D eigenvalue weighted by atomic mass is 9.98. The summed E-state index contributed by atoms with van der Waals surface area (Å²) in [5.74, 6) is 1.12. The highest BCUT2D eigenvalue weighted by Crippen LogP contribution is 2.48. The van der Waals surface area contributed by atoms with E-state index in [1.54, 1.807) is 25.7 Å². The number of aromatic nitrogens is 7. The molecule has 4 aromatic heterocycles. The zero-order chi connectivity index (χ0) is 26.9. The lowest BCUT2D eigenvalue weighted by Crippen LogP contribution is -2.31. The molecule has 9 nitrogen and oxygen atoms in total. The van der Waals surface area contributed by atoms with Gasteiger partial charge in [-0.1, -0.05) is 0 Å². The summed E-state index contributed by atoms with van der Waals surface area (Å²) in [6.45, 7) is 1.41. The van der Waals surface area contributed by atoms with Crippen LogP contribution in [0.25, 0.3) is 22.8 Å². The third-order valence-electron chi connectivity index (χ3n) is 7.72. The second-order valence-corrected chi connectivity index (χ2v) is 10.5. The Morgan fingerprint density at radius 3 is 2.51 bits per heavy atom. The SMILES string of the molecule is COc1ncnc(C2CC2)c1-c1nn(C2CC2)c2c1CN(c1ccc(-c3nc(C(F)(F)F)cn3C)nc1)CC2. The second-order valence-electron chi connectivity index (χ2n) is 10.5. The number of hydrogen-bond donors (Lipinski definition) is 0. The number of aryl methyl sites for hydroxylation is 1. The van der Waals surface area contributed by atoms with Gasteiger partial charge in [0.2, 0.25) is 5.88 Å². The molecule has 2 saturated carbocycles. The van der Waals surface area contributed by atoms with Crippen molar-refractivity contribution in [1.29, 1.82) is 0 Å². The van der Waals surface area contributed by atoms with Crippen LogP contribution in [0.4, 0.5) is 18.9 Å². The quantitative estimate of drug-likeness (QED) is 0.345. The molecule has 0 aromatic carbocycles. The maximum absolute atomic E-state index is 13.1. The number of ether oxygens (including phenoxy) is 1. The van der Waals surface area contributed by atoms with E-state index in [0.717, 1.165) is 73.0 Å². The Morgan fingerprint density at radius 1 is 1.05 bits per heavy atom. The van der Waals surface area contributed by atoms with Crippen LogP contribution in [0.2, 0.25) is 0 Å². The molecule has 2 aliphatic carbocycles. The van der Waals surface area contributed by atoms with Crippen LogP contribution in [0.3, 0.4) is 0 Å². The average molecular weight is 537 g/mol. The predicted molar refractivity (Wildman–Crippen MR) is 136 cm³/mol. The van der Waals surface area contributed by atoms with Crippen LogP contribution in [-0.4, -0.2) is 47.9 Å². The summed E-state index contributed by atoms with van der Waals surface area (Å²) < 4.78 is 48.6. The van der Waals surface area contributed by atoms with Crippen molar-refractivity contribution in [2.75, 3.05) is 18.6 Å². The van der Waals surface area contributed by atoms with Gasteiger partial charge in [-0.15, -0.1) is 0 Å². The van der Waals surface area contributed by atoms with E-state index in [2.05, 4.69) is 29.5 Å². The molecule has 202 valence electrons. The minimum atomic E-state index is -4.50. The summed E-state index contributed by atoms with van der Waals surface area (Å²) in [6, 6.07) is 4.04. The van der Waals surface area contributed by atoms with E-state index in [1.807, 2.05) is 6.07 Å². The van der Waals surface area contributed by atoms with Crippen LogP contribution < -0.4 is 9.64 Å². The summed E-state index contributed by atoms with van der Waals surface area (Å²) >= 11 is 0. The van der Waals surface area contributed by atoms with Gasteiger partial charge in [-0.25, -0.2) is 15.0 Å². The smallest absolute Gasteiger partial charge is 0.434 e. The van der Waals surface area contributed by atoms with E-state index < -0.39 is 11.9 Å². The Bertz CT molecular complexity index is 1550. The maximum atomic E-state index is 13.1. The van der Waals surface area contributed by atoms with Crippen molar-refractivity contribution >= 4 is 5.69 Å². The Balaban J connectivity index is 1.23. The van der Waals surface area contributed by atoms with Gasteiger partial charge in [0.25, 0.3) is 0 Å². The van der Waals surface area contributed by atoms with Gasteiger partial charge in [0.05, 0.1) is 36.3 Å². The molecule has 39 heavy (non-hydrogen) atoms. The fourth-order valence-corrected chi connectivity index (χ4v) is 5.46. The van der Waals surface area contributed by atoms with Crippen molar-refractivity contribution in [2.45, 2.75) is 56.8 Å². The Hall–Kier alpha value is -3.96. The lowest BCUT2D eigenvalue weighted by molar-refractivity contribution is -0.140. The molecule has 0 N–H and O–H groups in total. The first-order valence-corrected chi connectivity index (χ1v) is 13.1. The number of nitrogens with zero attached hydrogens (tertiary/aromatic N) is 8. The molecule has 2 fully saturated rings.